The standard InChI is InChI=1S/C16H22F2N2O/c17-16(18)10-14(11-21-15-6-8-19-9-7-15)20(12-16)13-4-2-1-3-5-13/h6-9,13-14H,1-5,10-12H2/t14-/m0/s1. The first-order valence-electron chi connectivity index (χ1n) is 7.80. The normalized spacial score (nSPS) is 26.9. The number of likely N-dealkylation sites (tertiary alicyclic amines) is 1. The van der Waals surface area contributed by atoms with Crippen molar-refractivity contribution < 1.29 is 13.5 Å². The van der Waals surface area contributed by atoms with Crippen LogP contribution in [-0.2, 0) is 0 Å². The van der Waals surface area contributed by atoms with E-state index in [1.807, 2.05) is 4.90 Å². The maximum absolute atomic E-state index is 13.8. The molecule has 5 heteroatoms. The van der Waals surface area contributed by atoms with E-state index >= 15 is 0 Å². The number of halogens is 2. The number of alkyl halides is 2. The number of rotatable bonds is 4. The van der Waals surface area contributed by atoms with Gasteiger partial charge in [-0.05, 0) is 25.0 Å². The predicted molar refractivity (Wildman–Crippen MR) is 76.7 cm³/mol. The maximum atomic E-state index is 13.8. The van der Waals surface area contributed by atoms with Crippen molar-refractivity contribution in [3.8, 4) is 5.75 Å². The highest BCUT2D eigenvalue weighted by atomic mass is 19.3. The van der Waals surface area contributed by atoms with Crippen LogP contribution in [0.5, 0.6) is 5.75 Å². The molecule has 0 unspecified atom stereocenters. The summed E-state index contributed by atoms with van der Waals surface area (Å²) in [6.07, 6.45) is 8.85. The van der Waals surface area contributed by atoms with Crippen molar-refractivity contribution in [3.05, 3.63) is 24.5 Å². The average Bonchev–Trinajstić information content (AvgIpc) is 2.82. The van der Waals surface area contributed by atoms with E-state index in [1.165, 1.54) is 6.42 Å². The zero-order valence-electron chi connectivity index (χ0n) is 12.2. The van der Waals surface area contributed by atoms with Crippen molar-refractivity contribution in [2.45, 2.75) is 56.5 Å². The lowest BCUT2D eigenvalue weighted by atomic mass is 9.94. The lowest BCUT2D eigenvalue weighted by Gasteiger charge is -2.34. The quantitative estimate of drug-likeness (QED) is 0.850. The summed E-state index contributed by atoms with van der Waals surface area (Å²) in [7, 11) is 0. The molecule has 2 aliphatic rings. The number of aromatic nitrogens is 1. The molecule has 0 spiro atoms. The Morgan fingerprint density at radius 1 is 1.19 bits per heavy atom. The van der Waals surface area contributed by atoms with Crippen LogP contribution in [0.4, 0.5) is 8.78 Å². The van der Waals surface area contributed by atoms with Crippen LogP contribution in [0.2, 0.25) is 0 Å². The third-order valence-electron chi connectivity index (χ3n) is 4.55. The van der Waals surface area contributed by atoms with Crippen molar-refractivity contribution in [1.82, 2.24) is 9.88 Å². The molecular formula is C16H22F2N2O. The molecule has 0 bridgehead atoms. The van der Waals surface area contributed by atoms with Crippen LogP contribution in [0, 0.1) is 0 Å². The van der Waals surface area contributed by atoms with E-state index in [4.69, 9.17) is 4.74 Å². The first-order chi connectivity index (χ1) is 10.1. The Bertz CT molecular complexity index is 449. The van der Waals surface area contributed by atoms with E-state index in [-0.39, 0.29) is 19.0 Å². The fourth-order valence-electron chi connectivity index (χ4n) is 3.54. The van der Waals surface area contributed by atoms with Gasteiger partial charge < -0.3 is 4.74 Å². The van der Waals surface area contributed by atoms with Gasteiger partial charge in [0.25, 0.3) is 5.92 Å². The first kappa shape index (κ1) is 14.7. The molecule has 1 saturated heterocycles. The van der Waals surface area contributed by atoms with Crippen LogP contribution in [0.1, 0.15) is 38.5 Å². The Kier molecular flexibility index (Phi) is 4.38. The van der Waals surface area contributed by atoms with Crippen molar-refractivity contribution in [2.24, 2.45) is 0 Å². The summed E-state index contributed by atoms with van der Waals surface area (Å²) in [5.41, 5.74) is 0. The first-order valence-corrected chi connectivity index (χ1v) is 7.80. The van der Waals surface area contributed by atoms with Gasteiger partial charge in [-0.25, -0.2) is 8.78 Å². The van der Waals surface area contributed by atoms with Gasteiger partial charge in [0.15, 0.2) is 0 Å². The summed E-state index contributed by atoms with van der Waals surface area (Å²) < 4.78 is 33.3. The molecule has 3 nitrogen and oxygen atoms in total. The van der Waals surface area contributed by atoms with Gasteiger partial charge in [0.05, 0.1) is 12.6 Å². The van der Waals surface area contributed by atoms with Gasteiger partial charge in [-0.1, -0.05) is 19.3 Å². The third kappa shape index (κ3) is 3.70. The fraction of sp³-hybridized carbons (Fsp3) is 0.688. The molecule has 0 aromatic carbocycles. The Labute approximate surface area is 124 Å². The van der Waals surface area contributed by atoms with Gasteiger partial charge in [-0.3, -0.25) is 9.88 Å². The molecule has 0 N–H and O–H groups in total. The molecule has 1 saturated carbocycles. The maximum Gasteiger partial charge on any atom is 0.262 e. The molecule has 21 heavy (non-hydrogen) atoms. The van der Waals surface area contributed by atoms with E-state index in [9.17, 15) is 8.78 Å². The molecule has 0 radical (unpaired) electrons. The highest BCUT2D eigenvalue weighted by Crippen LogP contribution is 2.37. The molecule has 2 fully saturated rings. The summed E-state index contributed by atoms with van der Waals surface area (Å²) in [5.74, 6) is -1.88. The monoisotopic (exact) mass is 296 g/mol. The molecule has 0 amide bonds. The Morgan fingerprint density at radius 2 is 1.90 bits per heavy atom. The number of ether oxygens (including phenoxy) is 1. The second-order valence-corrected chi connectivity index (χ2v) is 6.17. The van der Waals surface area contributed by atoms with Crippen LogP contribution in [0.3, 0.4) is 0 Å². The SMILES string of the molecule is FC1(F)C[C@@H](COc2ccncc2)N(C2CCCCC2)C1. The molecule has 1 aliphatic heterocycles. The van der Waals surface area contributed by atoms with Crippen LogP contribution >= 0.6 is 0 Å². The van der Waals surface area contributed by atoms with E-state index in [1.54, 1.807) is 24.5 Å². The minimum atomic E-state index is -2.58. The lowest BCUT2D eigenvalue weighted by Crippen LogP contribution is -2.43. The smallest absolute Gasteiger partial charge is 0.262 e. The second-order valence-electron chi connectivity index (χ2n) is 6.17. The Hall–Kier alpha value is -1.23. The molecule has 116 valence electrons. The van der Waals surface area contributed by atoms with Crippen LogP contribution in [-0.4, -0.2) is 41.0 Å². The molecular weight excluding hydrogens is 274 g/mol. The van der Waals surface area contributed by atoms with Gasteiger partial charge >= 0.3 is 0 Å². The van der Waals surface area contributed by atoms with Crippen molar-refractivity contribution in [2.75, 3.05) is 13.2 Å². The van der Waals surface area contributed by atoms with E-state index in [0.717, 1.165) is 25.7 Å². The van der Waals surface area contributed by atoms with Gasteiger partial charge in [0.2, 0.25) is 0 Å². The van der Waals surface area contributed by atoms with Crippen molar-refractivity contribution in [1.29, 1.82) is 0 Å². The van der Waals surface area contributed by atoms with E-state index in [0.29, 0.717) is 18.4 Å². The summed E-state index contributed by atoms with van der Waals surface area (Å²) in [4.78, 5) is 5.93. The van der Waals surface area contributed by atoms with E-state index < -0.39 is 5.92 Å². The molecule has 3 rings (SSSR count). The second kappa shape index (κ2) is 6.26. The van der Waals surface area contributed by atoms with Crippen LogP contribution < -0.4 is 4.74 Å². The fourth-order valence-corrected chi connectivity index (χ4v) is 3.54. The minimum Gasteiger partial charge on any atom is -0.492 e. The average molecular weight is 296 g/mol. The largest absolute Gasteiger partial charge is 0.492 e. The van der Waals surface area contributed by atoms with Crippen molar-refractivity contribution in [3.63, 3.8) is 0 Å². The van der Waals surface area contributed by atoms with Crippen LogP contribution in [0.25, 0.3) is 0 Å². The molecule has 1 aromatic rings. The summed E-state index contributed by atoms with van der Waals surface area (Å²) in [6, 6.07) is 3.64. The molecule has 1 atom stereocenters. The highest BCUT2D eigenvalue weighted by Gasteiger charge is 2.47. The van der Waals surface area contributed by atoms with Crippen molar-refractivity contribution >= 4 is 0 Å². The molecule has 1 aliphatic carbocycles. The zero-order chi connectivity index (χ0) is 14.7. The van der Waals surface area contributed by atoms with Crippen LogP contribution in [0.15, 0.2) is 24.5 Å². The Morgan fingerprint density at radius 3 is 2.62 bits per heavy atom. The number of hydrogen-bond donors (Lipinski definition) is 0. The highest BCUT2D eigenvalue weighted by molar-refractivity contribution is 5.17. The van der Waals surface area contributed by atoms with Gasteiger partial charge in [-0.15, -0.1) is 0 Å². The predicted octanol–water partition coefficient (Wildman–Crippen LogP) is 3.50. The number of nitrogens with zero attached hydrogens (tertiary/aromatic N) is 2. The van der Waals surface area contributed by atoms with Gasteiger partial charge in [0, 0.05) is 24.9 Å². The minimum absolute atomic E-state index is 0.0887. The van der Waals surface area contributed by atoms with E-state index in [2.05, 4.69) is 4.98 Å². The topological polar surface area (TPSA) is 25.4 Å². The summed E-state index contributed by atoms with van der Waals surface area (Å²) in [6.45, 7) is 0.220. The van der Waals surface area contributed by atoms with Gasteiger partial charge in [-0.2, -0.15) is 0 Å². The zero-order valence-corrected chi connectivity index (χ0v) is 12.2. The number of hydrogen-bond acceptors (Lipinski definition) is 3. The third-order valence-corrected chi connectivity index (χ3v) is 4.55. The molecule has 1 aromatic heterocycles. The molecule has 2 heterocycles. The Balaban J connectivity index is 1.63. The number of pyridine rings is 1. The summed E-state index contributed by atoms with van der Waals surface area (Å²) in [5, 5.41) is 0. The lowest BCUT2D eigenvalue weighted by molar-refractivity contribution is 0.00545. The summed E-state index contributed by atoms with van der Waals surface area (Å²) >= 11 is 0. The van der Waals surface area contributed by atoms with Gasteiger partial charge in [0.1, 0.15) is 12.4 Å².